The minimum absolute atomic E-state index is 0.131. The first kappa shape index (κ1) is 15.1. The number of likely N-dealkylation sites (tertiary alicyclic amines) is 1. The van der Waals surface area contributed by atoms with Crippen LogP contribution >= 0.6 is 11.6 Å². The highest BCUT2D eigenvalue weighted by Crippen LogP contribution is 2.21. The summed E-state index contributed by atoms with van der Waals surface area (Å²) in [5.41, 5.74) is 0.704. The summed E-state index contributed by atoms with van der Waals surface area (Å²) in [7, 11) is 0. The zero-order valence-corrected chi connectivity index (χ0v) is 12.5. The molecule has 4 nitrogen and oxygen atoms in total. The minimum Gasteiger partial charge on any atom is -0.508 e. The molecule has 20 heavy (non-hydrogen) atoms. The lowest BCUT2D eigenvalue weighted by atomic mass is 10.1. The molecule has 1 aromatic carbocycles. The van der Waals surface area contributed by atoms with Crippen LogP contribution in [0.2, 0.25) is 5.02 Å². The fourth-order valence-corrected chi connectivity index (χ4v) is 2.63. The fraction of sp³-hybridized carbons (Fsp3) is 0.533. The van der Waals surface area contributed by atoms with Crippen LogP contribution in [-0.2, 0) is 11.3 Å². The largest absolute Gasteiger partial charge is 0.508 e. The monoisotopic (exact) mass is 296 g/mol. The number of halogens is 1. The number of hydrogen-bond donors (Lipinski definition) is 2. The average molecular weight is 297 g/mol. The van der Waals surface area contributed by atoms with E-state index in [9.17, 15) is 9.90 Å². The average Bonchev–Trinajstić information content (AvgIpc) is 2.48. The number of rotatable bonds is 4. The van der Waals surface area contributed by atoms with Gasteiger partial charge in [0.2, 0.25) is 5.91 Å². The second kappa shape index (κ2) is 6.95. The third-order valence-electron chi connectivity index (χ3n) is 3.68. The predicted octanol–water partition coefficient (Wildman–Crippen LogP) is 2.54. The van der Waals surface area contributed by atoms with E-state index in [0.29, 0.717) is 17.1 Å². The number of nitrogens with one attached hydrogen (secondary N) is 1. The molecule has 0 spiro atoms. The molecule has 0 radical (unpaired) electrons. The number of phenolic OH excluding ortho intramolecular Hbond substituents is 1. The van der Waals surface area contributed by atoms with Gasteiger partial charge in [-0.1, -0.05) is 11.6 Å². The number of carbonyl (C=O) groups excluding carboxylic acids is 1. The molecule has 1 fully saturated rings. The van der Waals surface area contributed by atoms with E-state index in [1.165, 1.54) is 6.42 Å². The molecule has 1 aliphatic heterocycles. The molecule has 1 heterocycles. The molecular formula is C15H21ClN2O2. The van der Waals surface area contributed by atoms with Gasteiger partial charge in [0.1, 0.15) is 5.75 Å². The van der Waals surface area contributed by atoms with Gasteiger partial charge in [0, 0.05) is 30.2 Å². The Kier molecular flexibility index (Phi) is 5.26. The van der Waals surface area contributed by atoms with Crippen molar-refractivity contribution in [1.82, 2.24) is 10.2 Å². The summed E-state index contributed by atoms with van der Waals surface area (Å²) in [5, 5.41) is 13.5. The van der Waals surface area contributed by atoms with Crippen LogP contribution in [0, 0.1) is 0 Å². The van der Waals surface area contributed by atoms with E-state index in [1.54, 1.807) is 18.2 Å². The van der Waals surface area contributed by atoms with Gasteiger partial charge in [-0.2, -0.15) is 0 Å². The number of hydrogen-bond acceptors (Lipinski definition) is 3. The van der Waals surface area contributed by atoms with Crippen LogP contribution in [0.4, 0.5) is 0 Å². The first-order chi connectivity index (χ1) is 9.58. The van der Waals surface area contributed by atoms with Crippen LogP contribution in [0.25, 0.3) is 0 Å². The third-order valence-corrected chi connectivity index (χ3v) is 3.91. The Hall–Kier alpha value is -1.26. The topological polar surface area (TPSA) is 52.6 Å². The molecule has 1 aliphatic rings. The second-order valence-corrected chi connectivity index (χ2v) is 5.70. The number of aromatic hydroxyl groups is 1. The maximum absolute atomic E-state index is 12.2. The molecule has 1 atom stereocenters. The van der Waals surface area contributed by atoms with Crippen LogP contribution in [-0.4, -0.2) is 35.0 Å². The second-order valence-electron chi connectivity index (χ2n) is 5.26. The van der Waals surface area contributed by atoms with E-state index >= 15 is 0 Å². The molecule has 2 N–H and O–H groups in total. The molecule has 1 saturated heterocycles. The number of benzene rings is 1. The summed E-state index contributed by atoms with van der Waals surface area (Å²) < 4.78 is 0. The van der Waals surface area contributed by atoms with Gasteiger partial charge in [-0.15, -0.1) is 0 Å². The fourth-order valence-electron chi connectivity index (χ4n) is 2.43. The van der Waals surface area contributed by atoms with Gasteiger partial charge in [0.05, 0.1) is 6.04 Å². The lowest BCUT2D eigenvalue weighted by Crippen LogP contribution is -2.46. The number of amides is 1. The van der Waals surface area contributed by atoms with Crippen molar-refractivity contribution < 1.29 is 9.90 Å². The van der Waals surface area contributed by atoms with Crippen LogP contribution in [0.15, 0.2) is 18.2 Å². The van der Waals surface area contributed by atoms with Crippen molar-refractivity contribution in [2.45, 2.75) is 38.8 Å². The maximum atomic E-state index is 12.2. The van der Waals surface area contributed by atoms with Crippen molar-refractivity contribution >= 4 is 17.5 Å². The van der Waals surface area contributed by atoms with Crippen LogP contribution in [0.1, 0.15) is 31.7 Å². The van der Waals surface area contributed by atoms with Crippen molar-refractivity contribution in [2.24, 2.45) is 0 Å². The Morgan fingerprint density at radius 3 is 2.80 bits per heavy atom. The first-order valence-electron chi connectivity index (χ1n) is 7.07. The molecular weight excluding hydrogens is 276 g/mol. The molecule has 0 aliphatic carbocycles. The van der Waals surface area contributed by atoms with Gasteiger partial charge in [-0.25, -0.2) is 0 Å². The van der Waals surface area contributed by atoms with Gasteiger partial charge in [0.15, 0.2) is 0 Å². The summed E-state index contributed by atoms with van der Waals surface area (Å²) in [5.74, 6) is 0.325. The standard InChI is InChI=1S/C15H21ClN2O2/c1-11(15(20)18-7-3-2-4-8-18)17-10-12-9-13(16)5-6-14(12)19/h5-6,9,11,17,19H,2-4,7-8,10H2,1H3. The minimum atomic E-state index is -0.258. The highest BCUT2D eigenvalue weighted by molar-refractivity contribution is 6.30. The van der Waals surface area contributed by atoms with Gasteiger partial charge >= 0.3 is 0 Å². The zero-order chi connectivity index (χ0) is 14.5. The maximum Gasteiger partial charge on any atom is 0.239 e. The Balaban J connectivity index is 1.89. The van der Waals surface area contributed by atoms with E-state index < -0.39 is 0 Å². The molecule has 1 unspecified atom stereocenters. The highest BCUT2D eigenvalue weighted by Gasteiger charge is 2.21. The normalized spacial score (nSPS) is 17.0. The zero-order valence-electron chi connectivity index (χ0n) is 11.7. The molecule has 0 saturated carbocycles. The highest BCUT2D eigenvalue weighted by atomic mass is 35.5. The van der Waals surface area contributed by atoms with E-state index in [-0.39, 0.29) is 17.7 Å². The van der Waals surface area contributed by atoms with E-state index in [4.69, 9.17) is 11.6 Å². The molecule has 1 amide bonds. The first-order valence-corrected chi connectivity index (χ1v) is 7.45. The van der Waals surface area contributed by atoms with E-state index in [2.05, 4.69) is 5.32 Å². The van der Waals surface area contributed by atoms with E-state index in [0.717, 1.165) is 25.9 Å². The number of phenols is 1. The molecule has 1 aromatic rings. The van der Waals surface area contributed by atoms with Crippen LogP contribution < -0.4 is 5.32 Å². The van der Waals surface area contributed by atoms with Crippen molar-refractivity contribution in [1.29, 1.82) is 0 Å². The summed E-state index contributed by atoms with van der Waals surface area (Å²) in [6.07, 6.45) is 3.39. The SMILES string of the molecule is CC(NCc1cc(Cl)ccc1O)C(=O)N1CCCCC1. The van der Waals surface area contributed by atoms with Gasteiger partial charge in [-0.05, 0) is 44.4 Å². The van der Waals surface area contributed by atoms with Crippen molar-refractivity contribution in [2.75, 3.05) is 13.1 Å². The van der Waals surface area contributed by atoms with Gasteiger partial charge < -0.3 is 15.3 Å². The van der Waals surface area contributed by atoms with Crippen LogP contribution in [0.5, 0.6) is 5.75 Å². The quantitative estimate of drug-likeness (QED) is 0.898. The van der Waals surface area contributed by atoms with Gasteiger partial charge in [0.25, 0.3) is 0 Å². The molecule has 5 heteroatoms. The Bertz CT molecular complexity index is 473. The summed E-state index contributed by atoms with van der Waals surface area (Å²) in [6.45, 7) is 3.99. The molecule has 2 rings (SSSR count). The summed E-state index contributed by atoms with van der Waals surface area (Å²) >= 11 is 5.90. The Morgan fingerprint density at radius 2 is 2.10 bits per heavy atom. The molecule has 110 valence electrons. The van der Waals surface area contributed by atoms with Gasteiger partial charge in [-0.3, -0.25) is 4.79 Å². The Morgan fingerprint density at radius 1 is 1.40 bits per heavy atom. The number of piperidine rings is 1. The van der Waals surface area contributed by atoms with Crippen molar-refractivity contribution in [3.63, 3.8) is 0 Å². The summed E-state index contributed by atoms with van der Waals surface area (Å²) in [4.78, 5) is 14.2. The Labute approximate surface area is 124 Å². The molecule has 0 bridgehead atoms. The van der Waals surface area contributed by atoms with Crippen molar-refractivity contribution in [3.8, 4) is 5.75 Å². The lowest BCUT2D eigenvalue weighted by molar-refractivity contribution is -0.133. The predicted molar refractivity (Wildman–Crippen MR) is 79.8 cm³/mol. The third kappa shape index (κ3) is 3.87. The van der Waals surface area contributed by atoms with Crippen LogP contribution in [0.3, 0.4) is 0 Å². The number of carbonyl (C=O) groups is 1. The van der Waals surface area contributed by atoms with E-state index in [1.807, 2.05) is 11.8 Å². The lowest BCUT2D eigenvalue weighted by Gasteiger charge is -2.29. The molecule has 0 aromatic heterocycles. The number of nitrogens with zero attached hydrogens (tertiary/aromatic N) is 1. The van der Waals surface area contributed by atoms with Crippen molar-refractivity contribution in [3.05, 3.63) is 28.8 Å². The smallest absolute Gasteiger partial charge is 0.239 e. The summed E-state index contributed by atoms with van der Waals surface area (Å²) in [6, 6.07) is 4.66.